The van der Waals surface area contributed by atoms with Gasteiger partial charge in [0.05, 0.1) is 12.3 Å². The van der Waals surface area contributed by atoms with E-state index in [1.54, 1.807) is 0 Å². The molecule has 0 unspecified atom stereocenters. The Morgan fingerprint density at radius 3 is 3.12 bits per heavy atom. The van der Waals surface area contributed by atoms with Crippen LogP contribution in [0.3, 0.4) is 0 Å². The first-order chi connectivity index (χ1) is 8.29. The summed E-state index contributed by atoms with van der Waals surface area (Å²) >= 11 is 0. The van der Waals surface area contributed by atoms with Gasteiger partial charge in [-0.05, 0) is 24.6 Å². The molecule has 0 saturated heterocycles. The number of fused-ring (bicyclic) bond motifs is 1. The van der Waals surface area contributed by atoms with Crippen LogP contribution >= 0.6 is 0 Å². The molecule has 5 heteroatoms. The van der Waals surface area contributed by atoms with Crippen LogP contribution in [0.25, 0.3) is 0 Å². The lowest BCUT2D eigenvalue weighted by molar-refractivity contribution is -0.118. The second-order valence-electron chi connectivity index (χ2n) is 3.63. The summed E-state index contributed by atoms with van der Waals surface area (Å²) in [6, 6.07) is 5.58. The van der Waals surface area contributed by atoms with Gasteiger partial charge in [0.15, 0.2) is 6.61 Å². The first kappa shape index (κ1) is 11.9. The Morgan fingerprint density at radius 2 is 2.29 bits per heavy atom. The maximum atomic E-state index is 11.1. The van der Waals surface area contributed by atoms with Crippen LogP contribution in [0.5, 0.6) is 5.75 Å². The van der Waals surface area contributed by atoms with Crippen molar-refractivity contribution >= 4 is 11.6 Å². The summed E-state index contributed by atoms with van der Waals surface area (Å²) < 4.78 is 15.6. The normalized spacial score (nSPS) is 13.8. The molecular formula is C12H15NO4. The van der Waals surface area contributed by atoms with Crippen LogP contribution in [-0.2, 0) is 20.9 Å². The smallest absolute Gasteiger partial charge is 0.262 e. The van der Waals surface area contributed by atoms with E-state index in [-0.39, 0.29) is 19.3 Å². The molecule has 0 aliphatic carbocycles. The molecule has 0 atom stereocenters. The number of nitrogens with one attached hydrogen (secondary N) is 1. The van der Waals surface area contributed by atoms with E-state index in [4.69, 9.17) is 14.2 Å². The molecule has 0 aromatic heterocycles. The van der Waals surface area contributed by atoms with Gasteiger partial charge in [0, 0.05) is 6.61 Å². The topological polar surface area (TPSA) is 56.8 Å². The Morgan fingerprint density at radius 1 is 1.41 bits per heavy atom. The molecule has 2 rings (SSSR count). The maximum absolute atomic E-state index is 11.1. The number of ether oxygens (including phenoxy) is 3. The monoisotopic (exact) mass is 237 g/mol. The number of carbonyl (C=O) groups is 1. The molecule has 1 aliphatic heterocycles. The number of benzene rings is 1. The van der Waals surface area contributed by atoms with Crippen LogP contribution in [0.2, 0.25) is 0 Å². The van der Waals surface area contributed by atoms with Gasteiger partial charge in [-0.2, -0.15) is 0 Å². The van der Waals surface area contributed by atoms with Gasteiger partial charge in [-0.1, -0.05) is 6.07 Å². The van der Waals surface area contributed by atoms with E-state index in [1.165, 1.54) is 0 Å². The van der Waals surface area contributed by atoms with E-state index in [2.05, 4.69) is 5.32 Å². The highest BCUT2D eigenvalue weighted by Gasteiger charge is 2.15. The van der Waals surface area contributed by atoms with Crippen LogP contribution in [0, 0.1) is 0 Å². The Hall–Kier alpha value is -1.59. The third kappa shape index (κ3) is 3.18. The van der Waals surface area contributed by atoms with Gasteiger partial charge in [0.25, 0.3) is 5.91 Å². The minimum atomic E-state index is -0.134. The van der Waals surface area contributed by atoms with Crippen molar-refractivity contribution in [2.45, 2.75) is 13.5 Å². The number of hydrogen-bond donors (Lipinski definition) is 1. The molecule has 1 N–H and O–H groups in total. The van der Waals surface area contributed by atoms with Crippen LogP contribution in [0.1, 0.15) is 12.5 Å². The predicted octanol–water partition coefficient (Wildman–Crippen LogP) is 1.53. The molecule has 92 valence electrons. The van der Waals surface area contributed by atoms with Crippen molar-refractivity contribution in [1.82, 2.24) is 0 Å². The lowest BCUT2D eigenvalue weighted by Crippen LogP contribution is -2.25. The number of hydrogen-bond acceptors (Lipinski definition) is 4. The first-order valence-corrected chi connectivity index (χ1v) is 5.50. The molecule has 0 saturated carbocycles. The summed E-state index contributed by atoms with van der Waals surface area (Å²) in [5.41, 5.74) is 1.66. The fourth-order valence-electron chi connectivity index (χ4n) is 1.52. The van der Waals surface area contributed by atoms with E-state index in [9.17, 15) is 4.79 Å². The van der Waals surface area contributed by atoms with Crippen molar-refractivity contribution in [1.29, 1.82) is 0 Å². The van der Waals surface area contributed by atoms with Crippen molar-refractivity contribution in [3.8, 4) is 5.75 Å². The second-order valence-corrected chi connectivity index (χ2v) is 3.63. The van der Waals surface area contributed by atoms with Crippen molar-refractivity contribution in [3.05, 3.63) is 23.8 Å². The quantitative estimate of drug-likeness (QED) is 0.623. The van der Waals surface area contributed by atoms with Crippen LogP contribution in [0.4, 0.5) is 5.69 Å². The van der Waals surface area contributed by atoms with E-state index in [0.29, 0.717) is 24.7 Å². The number of rotatable bonds is 5. The fraction of sp³-hybridized carbons (Fsp3) is 0.417. The third-order valence-electron chi connectivity index (χ3n) is 2.32. The van der Waals surface area contributed by atoms with Gasteiger partial charge < -0.3 is 19.5 Å². The Balaban J connectivity index is 1.95. The average molecular weight is 237 g/mol. The maximum Gasteiger partial charge on any atom is 0.262 e. The van der Waals surface area contributed by atoms with Crippen LogP contribution < -0.4 is 10.1 Å². The summed E-state index contributed by atoms with van der Waals surface area (Å²) in [5.74, 6) is 0.558. The standard InChI is InChI=1S/C12H15NO4/c1-2-15-8-16-6-9-3-4-11-10(5-9)13-12(14)7-17-11/h3-5H,2,6-8H2,1H3,(H,13,14). The largest absolute Gasteiger partial charge is 0.482 e. The summed E-state index contributed by atoms with van der Waals surface area (Å²) in [4.78, 5) is 11.1. The molecule has 5 nitrogen and oxygen atoms in total. The van der Waals surface area contributed by atoms with E-state index in [1.807, 2.05) is 25.1 Å². The van der Waals surface area contributed by atoms with Gasteiger partial charge in [0.1, 0.15) is 12.5 Å². The van der Waals surface area contributed by atoms with Crippen LogP contribution in [0.15, 0.2) is 18.2 Å². The highest BCUT2D eigenvalue weighted by atomic mass is 16.7. The average Bonchev–Trinajstić information content (AvgIpc) is 2.34. The van der Waals surface area contributed by atoms with Crippen molar-refractivity contribution < 1.29 is 19.0 Å². The molecule has 1 amide bonds. The highest BCUT2D eigenvalue weighted by Crippen LogP contribution is 2.28. The van der Waals surface area contributed by atoms with Gasteiger partial charge in [-0.25, -0.2) is 0 Å². The molecule has 1 aromatic rings. The number of carbonyl (C=O) groups excluding carboxylic acids is 1. The lowest BCUT2D eigenvalue weighted by Gasteiger charge is -2.18. The summed E-state index contributed by atoms with van der Waals surface area (Å²) in [5, 5.41) is 2.75. The minimum Gasteiger partial charge on any atom is -0.482 e. The van der Waals surface area contributed by atoms with Crippen molar-refractivity contribution in [2.24, 2.45) is 0 Å². The van der Waals surface area contributed by atoms with E-state index < -0.39 is 0 Å². The zero-order valence-corrected chi connectivity index (χ0v) is 9.69. The van der Waals surface area contributed by atoms with Gasteiger partial charge in [-0.3, -0.25) is 4.79 Å². The van der Waals surface area contributed by atoms with Crippen molar-refractivity contribution in [3.63, 3.8) is 0 Å². The fourth-order valence-corrected chi connectivity index (χ4v) is 1.52. The molecule has 1 aliphatic rings. The number of anilines is 1. The predicted molar refractivity (Wildman–Crippen MR) is 61.8 cm³/mol. The molecule has 1 heterocycles. The zero-order chi connectivity index (χ0) is 12.1. The molecule has 0 radical (unpaired) electrons. The molecule has 17 heavy (non-hydrogen) atoms. The minimum absolute atomic E-state index is 0.0766. The van der Waals surface area contributed by atoms with Crippen LogP contribution in [-0.4, -0.2) is 25.9 Å². The Kier molecular flexibility index (Phi) is 3.95. The van der Waals surface area contributed by atoms with E-state index in [0.717, 1.165) is 5.56 Å². The Labute approximate surface area is 99.7 Å². The SMILES string of the molecule is CCOCOCc1ccc2c(c1)NC(=O)CO2. The summed E-state index contributed by atoms with van der Waals surface area (Å²) in [6.07, 6.45) is 0. The molecular weight excluding hydrogens is 222 g/mol. The molecule has 0 bridgehead atoms. The van der Waals surface area contributed by atoms with E-state index >= 15 is 0 Å². The first-order valence-electron chi connectivity index (χ1n) is 5.50. The van der Waals surface area contributed by atoms with Gasteiger partial charge >= 0.3 is 0 Å². The highest BCUT2D eigenvalue weighted by molar-refractivity contribution is 5.95. The van der Waals surface area contributed by atoms with Gasteiger partial charge in [0.2, 0.25) is 0 Å². The summed E-state index contributed by atoms with van der Waals surface area (Å²) in [7, 11) is 0. The van der Waals surface area contributed by atoms with Crippen molar-refractivity contribution in [2.75, 3.05) is 25.3 Å². The lowest BCUT2D eigenvalue weighted by atomic mass is 10.2. The second kappa shape index (κ2) is 5.65. The third-order valence-corrected chi connectivity index (χ3v) is 2.32. The summed E-state index contributed by atoms with van der Waals surface area (Å²) in [6.45, 7) is 3.34. The molecule has 0 spiro atoms. The number of amides is 1. The molecule has 0 fully saturated rings. The molecule has 1 aromatic carbocycles. The van der Waals surface area contributed by atoms with Gasteiger partial charge in [-0.15, -0.1) is 0 Å². The Bertz CT molecular complexity index is 405. The zero-order valence-electron chi connectivity index (χ0n) is 9.69.